The number of nitrogens with zero attached hydrogens (tertiary/aromatic N) is 3. The molecule has 31 N–H and O–H groups in total. The quantitative estimate of drug-likeness (QED) is 0.0143. The average Bonchev–Trinajstić information content (AvgIpc) is 1.75. The molecule has 12 atom stereocenters. The molecule has 0 radical (unpaired) electrons. The van der Waals surface area contributed by atoms with E-state index in [2.05, 4.69) is 67.8 Å². The number of carbonyl (C=O) groups excluding carboxylic acids is 11. The number of aromatic amines is 1. The highest BCUT2D eigenvalue weighted by atomic mass is 16.4. The van der Waals surface area contributed by atoms with Crippen molar-refractivity contribution in [2.45, 2.75) is 191 Å². The van der Waals surface area contributed by atoms with Gasteiger partial charge in [0.15, 0.2) is 17.9 Å². The van der Waals surface area contributed by atoms with Gasteiger partial charge in [-0.1, -0.05) is 89.1 Å². The fraction of sp³-hybridized carbons (Fsp3) is 0.554. The first-order valence-electron chi connectivity index (χ1n) is 33.6. The van der Waals surface area contributed by atoms with Crippen LogP contribution < -0.4 is 105 Å². The van der Waals surface area contributed by atoms with Gasteiger partial charge in [0, 0.05) is 49.6 Å². The Bertz CT molecular complexity index is 3340. The number of benzene rings is 2. The molecule has 36 heteroatoms. The number of carbonyl (C=O) groups is 12. The highest BCUT2D eigenvalue weighted by molar-refractivity contribution is 6.00. The first-order chi connectivity index (χ1) is 47.9. The predicted molar refractivity (Wildman–Crippen MR) is 379 cm³/mol. The number of aliphatic imine (C=N–C) groups is 3. The Labute approximate surface area is 586 Å². The van der Waals surface area contributed by atoms with Crippen LogP contribution in [0.2, 0.25) is 0 Å². The molecule has 0 fully saturated rings. The van der Waals surface area contributed by atoms with Gasteiger partial charge in [-0.3, -0.25) is 67.7 Å². The molecule has 0 aliphatic heterocycles. The molecule has 2 aromatic carbocycles. The number of aromatic nitrogens is 1. The predicted octanol–water partition coefficient (Wildman–Crippen LogP) is -4.75. The number of unbranched alkanes of at least 4 members (excludes halogenated alkanes) is 1. The molecule has 0 aliphatic rings. The van der Waals surface area contributed by atoms with Crippen molar-refractivity contribution in [2.24, 2.45) is 84.1 Å². The van der Waals surface area contributed by atoms with Crippen molar-refractivity contribution in [2.75, 3.05) is 26.2 Å². The number of nitrogens with one attached hydrogen (secondary N) is 10. The maximum atomic E-state index is 14.7. The third-order valence-electron chi connectivity index (χ3n) is 16.6. The van der Waals surface area contributed by atoms with Crippen LogP contribution in [0.5, 0.6) is 0 Å². The number of H-pyrrole nitrogens is 1. The van der Waals surface area contributed by atoms with Crippen LogP contribution in [0.4, 0.5) is 0 Å². The smallest absolute Gasteiger partial charge is 0.326 e. The number of aliphatic carboxylic acids is 1. The van der Waals surface area contributed by atoms with E-state index in [1.54, 1.807) is 82.4 Å². The molecule has 558 valence electrons. The lowest BCUT2D eigenvalue weighted by atomic mass is 9.96. The molecule has 3 rings (SSSR count). The summed E-state index contributed by atoms with van der Waals surface area (Å²) in [4.78, 5) is 182. The van der Waals surface area contributed by atoms with Crippen molar-refractivity contribution in [1.82, 2.24) is 52.8 Å². The van der Waals surface area contributed by atoms with Crippen LogP contribution in [0.15, 0.2) is 75.8 Å². The molecule has 0 aliphatic carbocycles. The molecule has 0 unspecified atom stereocenters. The van der Waals surface area contributed by atoms with Gasteiger partial charge in [0.25, 0.3) is 0 Å². The van der Waals surface area contributed by atoms with Crippen molar-refractivity contribution >= 4 is 99.7 Å². The van der Waals surface area contributed by atoms with Crippen molar-refractivity contribution in [1.29, 1.82) is 0 Å². The van der Waals surface area contributed by atoms with Gasteiger partial charge in [-0.2, -0.15) is 0 Å². The lowest BCUT2D eigenvalue weighted by Crippen LogP contribution is -2.62. The van der Waals surface area contributed by atoms with Crippen LogP contribution in [0.25, 0.3) is 10.9 Å². The normalized spacial score (nSPS) is 14.6. The molecule has 0 spiro atoms. The van der Waals surface area contributed by atoms with Crippen molar-refractivity contribution in [3.05, 3.63) is 71.9 Å². The minimum atomic E-state index is -1.86. The number of para-hydroxylation sites is 1. The second-order valence-electron chi connectivity index (χ2n) is 24.7. The lowest BCUT2D eigenvalue weighted by molar-refractivity contribution is -0.143. The summed E-state index contributed by atoms with van der Waals surface area (Å²) >= 11 is 0. The van der Waals surface area contributed by atoms with Crippen LogP contribution in [-0.4, -0.2) is 186 Å². The maximum absolute atomic E-state index is 14.7. The van der Waals surface area contributed by atoms with E-state index in [0.717, 1.165) is 16.5 Å². The number of hydrogen-bond donors (Lipinski definition) is 21. The number of guanidine groups is 3. The Hall–Kier alpha value is -10.7. The number of nitrogens with two attached hydrogens (primary N) is 10. The van der Waals surface area contributed by atoms with Gasteiger partial charge in [-0.15, -0.1) is 0 Å². The standard InChI is InChI=1S/C65H105N23O13/c1-5-35(3)51(60(98)83-44(23-15-29-77-64(72)73)54(92)80-42(21-12-13-27-66)57(95)87-52(36(4)6-2)61(99)84-46(62(100)101)24-16-30-78-65(74)75)88-59(97)48(33-50(69)90)86-55(93)43(22-14-28-76-63(70)71)81-56(94)45(25-26-49(68)89)82-58(96)47(32-38-34-79-41-20-11-10-19-39(38)41)85-53(91)40(67)31-37-17-8-7-9-18-37/h7-11,17-20,34-36,40,42-48,51-52,79H,5-6,12-16,21-33,66-67H2,1-4H3,(H2,68,89)(H2,69,90)(H,80,92)(H,81,94)(H,82,96)(H,83,98)(H,84,99)(H,85,91)(H,86,93)(H,87,95)(H,88,97)(H,100,101)(H4,70,71,76)(H4,72,73,77)(H4,74,75,78)/t35-,36-,40-,42-,43-,44-,45-,46-,47-,48-,51-,52-/m0/s1. The Kier molecular flexibility index (Phi) is 37.2. The van der Waals surface area contributed by atoms with Gasteiger partial charge < -0.3 is 115 Å². The highest BCUT2D eigenvalue weighted by Crippen LogP contribution is 2.21. The molecule has 0 bridgehead atoms. The molecule has 3 aromatic rings. The Morgan fingerprint density at radius 3 is 1.30 bits per heavy atom. The third-order valence-corrected chi connectivity index (χ3v) is 16.6. The van der Waals surface area contributed by atoms with Crippen LogP contribution in [0, 0.1) is 11.8 Å². The number of rotatable bonds is 48. The van der Waals surface area contributed by atoms with Gasteiger partial charge >= 0.3 is 5.97 Å². The average molecular weight is 1420 g/mol. The molecular formula is C65H105N23O13. The summed E-state index contributed by atoms with van der Waals surface area (Å²) in [5, 5.41) is 34.1. The number of fused-ring (bicyclic) bond motifs is 1. The molecule has 36 nitrogen and oxygen atoms in total. The zero-order valence-corrected chi connectivity index (χ0v) is 57.8. The fourth-order valence-corrected chi connectivity index (χ4v) is 10.5. The van der Waals surface area contributed by atoms with Crippen molar-refractivity contribution in [3.8, 4) is 0 Å². The van der Waals surface area contributed by atoms with Crippen LogP contribution >= 0.6 is 0 Å². The van der Waals surface area contributed by atoms with E-state index in [-0.39, 0.29) is 108 Å². The van der Waals surface area contributed by atoms with Crippen LogP contribution in [-0.2, 0) is 70.4 Å². The van der Waals surface area contributed by atoms with Gasteiger partial charge in [0.05, 0.1) is 12.5 Å². The van der Waals surface area contributed by atoms with Crippen molar-refractivity contribution in [3.63, 3.8) is 0 Å². The summed E-state index contributed by atoms with van der Waals surface area (Å²) in [7, 11) is 0. The van der Waals surface area contributed by atoms with E-state index in [0.29, 0.717) is 24.8 Å². The molecular weight excluding hydrogens is 1310 g/mol. The van der Waals surface area contributed by atoms with Gasteiger partial charge in [0.2, 0.25) is 65.0 Å². The molecule has 101 heavy (non-hydrogen) atoms. The van der Waals surface area contributed by atoms with Gasteiger partial charge in [0.1, 0.15) is 54.4 Å². The fourth-order valence-electron chi connectivity index (χ4n) is 10.5. The molecule has 0 saturated heterocycles. The summed E-state index contributed by atoms with van der Waals surface area (Å²) in [5.41, 5.74) is 58.5. The summed E-state index contributed by atoms with van der Waals surface area (Å²) in [6, 6.07) is 1.41. The summed E-state index contributed by atoms with van der Waals surface area (Å²) < 4.78 is 0. The molecule has 11 amide bonds. The number of carboxylic acids is 1. The summed E-state index contributed by atoms with van der Waals surface area (Å²) in [6.07, 6.45) is 0.864. The summed E-state index contributed by atoms with van der Waals surface area (Å²) in [6.45, 7) is 6.86. The van der Waals surface area contributed by atoms with Gasteiger partial charge in [-0.05, 0) is 106 Å². The second-order valence-corrected chi connectivity index (χ2v) is 24.7. The molecule has 1 heterocycles. The maximum Gasteiger partial charge on any atom is 0.326 e. The van der Waals surface area contributed by atoms with E-state index < -0.39 is 162 Å². The van der Waals surface area contributed by atoms with E-state index in [1.807, 2.05) is 6.07 Å². The Balaban J connectivity index is 2.00. The number of carboxylic acid groups (broad SMARTS) is 1. The third kappa shape index (κ3) is 31.0. The van der Waals surface area contributed by atoms with E-state index in [4.69, 9.17) is 57.3 Å². The zero-order chi connectivity index (χ0) is 75.3. The zero-order valence-electron chi connectivity index (χ0n) is 57.8. The SMILES string of the molecule is CC[C@H](C)[C@H](NC(=O)[C@H](CCCCN)NC(=O)[C@H](CCCN=C(N)N)NC(=O)[C@@H](NC(=O)[C@H](CC(N)=O)NC(=O)[C@H](CCCN=C(N)N)NC(=O)[C@H](CCC(N)=O)NC(=O)[C@H](Cc1c[nH]c2ccccc12)NC(=O)[C@@H](N)Cc1ccccc1)[C@@H](C)CC)C(=O)N[C@@H](CCCN=C(N)N)C(=O)O. The Morgan fingerprint density at radius 1 is 0.446 bits per heavy atom. The van der Waals surface area contributed by atoms with Crippen LogP contribution in [0.1, 0.15) is 129 Å². The van der Waals surface area contributed by atoms with E-state index >= 15 is 0 Å². The van der Waals surface area contributed by atoms with E-state index in [1.165, 1.54) is 0 Å². The highest BCUT2D eigenvalue weighted by Gasteiger charge is 2.38. The summed E-state index contributed by atoms with van der Waals surface area (Å²) in [5.74, 6) is -13.8. The topological polar surface area (TPSA) is 646 Å². The van der Waals surface area contributed by atoms with Crippen molar-refractivity contribution < 1.29 is 62.6 Å². The number of primary amides is 2. The minimum Gasteiger partial charge on any atom is -0.480 e. The number of hydrogen-bond acceptors (Lipinski definition) is 17. The molecule has 1 aromatic heterocycles. The second kappa shape index (κ2) is 44.4. The molecule has 0 saturated carbocycles. The lowest BCUT2D eigenvalue weighted by Gasteiger charge is -2.30. The largest absolute Gasteiger partial charge is 0.480 e. The van der Waals surface area contributed by atoms with Gasteiger partial charge in [-0.25, -0.2) is 4.79 Å². The first kappa shape index (κ1) is 84.6. The minimum absolute atomic E-state index is 0.00552. The van der Waals surface area contributed by atoms with Crippen LogP contribution in [0.3, 0.4) is 0 Å². The van der Waals surface area contributed by atoms with E-state index in [9.17, 15) is 62.6 Å². The first-order valence-corrected chi connectivity index (χ1v) is 33.6. The Morgan fingerprint density at radius 2 is 0.842 bits per heavy atom. The monoisotopic (exact) mass is 1420 g/mol. The number of amides is 11.